The van der Waals surface area contributed by atoms with Crippen LogP contribution in [-0.2, 0) is 38.9 Å². The topological polar surface area (TPSA) is 88.1 Å². The van der Waals surface area contributed by atoms with Gasteiger partial charge in [-0.1, -0.05) is 114 Å². The summed E-state index contributed by atoms with van der Waals surface area (Å²) in [5, 5.41) is 0. The third-order valence-corrected chi connectivity index (χ3v) is 9.74. The minimum Gasteiger partial charge on any atom is -0.460 e. The van der Waals surface area contributed by atoms with E-state index >= 15 is 0 Å². The molecule has 0 radical (unpaired) electrons. The largest absolute Gasteiger partial charge is 0.460 e. The van der Waals surface area contributed by atoms with Crippen molar-refractivity contribution in [1.29, 1.82) is 0 Å². The van der Waals surface area contributed by atoms with Crippen molar-refractivity contribution in [2.45, 2.75) is 129 Å². The predicted octanol–water partition coefficient (Wildman–Crippen LogP) is 8.71. The van der Waals surface area contributed by atoms with Gasteiger partial charge < -0.3 is 18.9 Å². The van der Waals surface area contributed by atoms with Gasteiger partial charge in [-0.15, -0.1) is 0 Å². The molecule has 1 aliphatic heterocycles. The van der Waals surface area contributed by atoms with E-state index in [2.05, 4.69) is 20.8 Å². The standard InChI is InChI=1S/C40H56O7/c1-4-6-8-16-21-36(41)31-24-23-30(3)27-35(28-31)45-39(43)40(33-17-12-9-13-18-33,34-19-14-10-15-20-34)47-37(22-11-7-5-2)46-38(42)32-25-26-44-29-32/h9-10,12-15,17-20,30-32,35,37H,4-8,11,16,21-29H2,1-3H3. The normalized spacial score (nSPS) is 22.3. The lowest BCUT2D eigenvalue weighted by molar-refractivity contribution is -0.225. The second kappa shape index (κ2) is 19.1. The number of Topliss-reactive ketones (excluding diaryl/α,β-unsaturated/α-hetero) is 1. The molecule has 0 N–H and O–H groups in total. The first-order valence-corrected chi connectivity index (χ1v) is 18.2. The Morgan fingerprint density at radius 3 is 2.09 bits per heavy atom. The van der Waals surface area contributed by atoms with E-state index in [1.165, 1.54) is 0 Å². The maximum Gasteiger partial charge on any atom is 0.348 e. The Morgan fingerprint density at radius 1 is 0.809 bits per heavy atom. The first-order chi connectivity index (χ1) is 22.9. The van der Waals surface area contributed by atoms with Crippen molar-refractivity contribution in [3.63, 3.8) is 0 Å². The second-order valence-corrected chi connectivity index (χ2v) is 13.6. The zero-order valence-electron chi connectivity index (χ0n) is 28.8. The molecule has 7 heteroatoms. The number of unbranched alkanes of at least 4 members (excludes halogenated alkanes) is 5. The van der Waals surface area contributed by atoms with E-state index in [-0.39, 0.29) is 23.6 Å². The highest BCUT2D eigenvalue weighted by atomic mass is 16.7. The molecule has 2 fully saturated rings. The van der Waals surface area contributed by atoms with Crippen LogP contribution in [0.4, 0.5) is 0 Å². The van der Waals surface area contributed by atoms with Gasteiger partial charge in [0.15, 0.2) is 0 Å². The van der Waals surface area contributed by atoms with Crippen molar-refractivity contribution in [3.05, 3.63) is 71.8 Å². The van der Waals surface area contributed by atoms with E-state index in [1.807, 2.05) is 60.7 Å². The van der Waals surface area contributed by atoms with Crippen LogP contribution in [0.25, 0.3) is 0 Å². The molecule has 47 heavy (non-hydrogen) atoms. The number of ketones is 1. The van der Waals surface area contributed by atoms with Gasteiger partial charge in [0, 0.05) is 25.4 Å². The zero-order valence-corrected chi connectivity index (χ0v) is 28.8. The fourth-order valence-corrected chi connectivity index (χ4v) is 6.92. The number of hydrogen-bond donors (Lipinski definition) is 0. The summed E-state index contributed by atoms with van der Waals surface area (Å²) >= 11 is 0. The van der Waals surface area contributed by atoms with Gasteiger partial charge in [-0.25, -0.2) is 4.79 Å². The van der Waals surface area contributed by atoms with E-state index in [1.54, 1.807) is 0 Å². The Kier molecular flexibility index (Phi) is 14.9. The lowest BCUT2D eigenvalue weighted by Gasteiger charge is -2.37. The Bertz CT molecular complexity index is 1180. The van der Waals surface area contributed by atoms with Gasteiger partial charge in [0.25, 0.3) is 0 Å². The summed E-state index contributed by atoms with van der Waals surface area (Å²) in [4.78, 5) is 41.5. The van der Waals surface area contributed by atoms with Gasteiger partial charge >= 0.3 is 11.9 Å². The lowest BCUT2D eigenvalue weighted by atomic mass is 9.85. The molecular weight excluding hydrogens is 592 g/mol. The van der Waals surface area contributed by atoms with E-state index < -0.39 is 24.0 Å². The molecule has 2 aliphatic rings. The molecule has 2 aromatic rings. The summed E-state index contributed by atoms with van der Waals surface area (Å²) in [6.07, 6.45) is 10.1. The van der Waals surface area contributed by atoms with Crippen LogP contribution in [0.2, 0.25) is 0 Å². The average Bonchev–Trinajstić information content (AvgIpc) is 3.57. The number of esters is 2. The first kappa shape index (κ1) is 36.8. The van der Waals surface area contributed by atoms with Crippen molar-refractivity contribution in [2.24, 2.45) is 17.8 Å². The molecular formula is C40H56O7. The highest BCUT2D eigenvalue weighted by molar-refractivity contribution is 5.86. The number of carbonyl (C=O) groups excluding carboxylic acids is 3. The molecule has 7 nitrogen and oxygen atoms in total. The van der Waals surface area contributed by atoms with Gasteiger partial charge in [-0.3, -0.25) is 9.59 Å². The average molecular weight is 649 g/mol. The fourth-order valence-electron chi connectivity index (χ4n) is 6.92. The summed E-state index contributed by atoms with van der Waals surface area (Å²) in [6, 6.07) is 18.7. The van der Waals surface area contributed by atoms with Crippen molar-refractivity contribution >= 4 is 17.7 Å². The third kappa shape index (κ3) is 10.5. The Hall–Kier alpha value is -3.03. The molecule has 1 heterocycles. The minimum atomic E-state index is -1.69. The monoisotopic (exact) mass is 648 g/mol. The van der Waals surface area contributed by atoms with E-state index in [0.29, 0.717) is 62.4 Å². The van der Waals surface area contributed by atoms with Crippen LogP contribution in [0.3, 0.4) is 0 Å². The summed E-state index contributed by atoms with van der Waals surface area (Å²) in [5.41, 5.74) is -0.495. The molecule has 1 aliphatic carbocycles. The van der Waals surface area contributed by atoms with Gasteiger partial charge in [0.1, 0.15) is 11.9 Å². The van der Waals surface area contributed by atoms with Gasteiger partial charge in [-0.2, -0.15) is 0 Å². The summed E-state index contributed by atoms with van der Waals surface area (Å²) in [5.74, 6) is -0.811. The number of ether oxygens (including phenoxy) is 4. The molecule has 0 aromatic heterocycles. The van der Waals surface area contributed by atoms with Crippen molar-refractivity contribution in [1.82, 2.24) is 0 Å². The minimum absolute atomic E-state index is 0.125. The zero-order chi connectivity index (χ0) is 33.5. The number of hydrogen-bond acceptors (Lipinski definition) is 7. The highest BCUT2D eigenvalue weighted by Gasteiger charge is 2.49. The van der Waals surface area contributed by atoms with Gasteiger partial charge in [0.05, 0.1) is 12.5 Å². The number of carbonyl (C=O) groups is 3. The molecule has 1 saturated carbocycles. The molecule has 1 saturated heterocycles. The molecule has 0 amide bonds. The smallest absolute Gasteiger partial charge is 0.348 e. The molecule has 258 valence electrons. The quantitative estimate of drug-likeness (QED) is 0.0691. The van der Waals surface area contributed by atoms with E-state index in [0.717, 1.165) is 57.8 Å². The summed E-state index contributed by atoms with van der Waals surface area (Å²) in [7, 11) is 0. The SMILES string of the molecule is CCCCCCC(=O)C1CCC(C)CC(OC(=O)C(OC(CCCCC)OC(=O)C2CCOC2)(c2ccccc2)c2ccccc2)C1. The lowest BCUT2D eigenvalue weighted by Crippen LogP contribution is -2.47. The van der Waals surface area contributed by atoms with Crippen LogP contribution in [0.1, 0.15) is 122 Å². The fraction of sp³-hybridized carbons (Fsp3) is 0.625. The van der Waals surface area contributed by atoms with Gasteiger partial charge in [-0.05, 0) is 62.0 Å². The number of benzene rings is 2. The van der Waals surface area contributed by atoms with Crippen LogP contribution < -0.4 is 0 Å². The third-order valence-electron chi connectivity index (χ3n) is 9.74. The Morgan fingerprint density at radius 2 is 1.47 bits per heavy atom. The molecule has 5 unspecified atom stereocenters. The van der Waals surface area contributed by atoms with Gasteiger partial charge in [0.2, 0.25) is 11.9 Å². The Balaban J connectivity index is 1.67. The molecule has 2 aromatic carbocycles. The number of rotatable bonds is 18. The first-order valence-electron chi connectivity index (χ1n) is 18.2. The van der Waals surface area contributed by atoms with Crippen molar-refractivity contribution < 1.29 is 33.3 Å². The van der Waals surface area contributed by atoms with E-state index in [4.69, 9.17) is 18.9 Å². The van der Waals surface area contributed by atoms with Crippen LogP contribution in [-0.4, -0.2) is 43.3 Å². The molecule has 4 rings (SSSR count). The Labute approximate surface area is 282 Å². The van der Waals surface area contributed by atoms with Crippen LogP contribution in [0.15, 0.2) is 60.7 Å². The molecule has 0 bridgehead atoms. The predicted molar refractivity (Wildman–Crippen MR) is 182 cm³/mol. The van der Waals surface area contributed by atoms with E-state index in [9.17, 15) is 14.4 Å². The second-order valence-electron chi connectivity index (χ2n) is 13.6. The maximum absolute atomic E-state index is 14.9. The van der Waals surface area contributed by atoms with Crippen LogP contribution >= 0.6 is 0 Å². The molecule has 5 atom stereocenters. The van der Waals surface area contributed by atoms with Crippen molar-refractivity contribution in [3.8, 4) is 0 Å². The summed E-state index contributed by atoms with van der Waals surface area (Å²) in [6.45, 7) is 7.30. The molecule has 0 spiro atoms. The van der Waals surface area contributed by atoms with Crippen LogP contribution in [0, 0.1) is 17.8 Å². The highest BCUT2D eigenvalue weighted by Crippen LogP contribution is 2.40. The summed E-state index contributed by atoms with van der Waals surface area (Å²) < 4.78 is 24.9. The van der Waals surface area contributed by atoms with Crippen LogP contribution in [0.5, 0.6) is 0 Å². The maximum atomic E-state index is 14.9. The van der Waals surface area contributed by atoms with Crippen molar-refractivity contribution in [2.75, 3.05) is 13.2 Å².